The van der Waals surface area contributed by atoms with E-state index in [1.54, 1.807) is 38.5 Å². The minimum absolute atomic E-state index is 0.500. The molecular formula is C30H56. The average Bonchev–Trinajstić information content (AvgIpc) is 3.08. The highest BCUT2D eigenvalue weighted by Gasteiger charge is 2.48. The second-order valence-corrected chi connectivity index (χ2v) is 13.9. The van der Waals surface area contributed by atoms with Gasteiger partial charge in [-0.2, -0.15) is 0 Å². The number of fused-ring (bicyclic) bond motifs is 2. The first-order chi connectivity index (χ1) is 14.1. The smallest absolute Gasteiger partial charge is 0.0352 e. The molecule has 4 aliphatic carbocycles. The molecule has 4 rings (SSSR count). The van der Waals surface area contributed by atoms with Crippen LogP contribution in [0.25, 0.3) is 0 Å². The zero-order valence-corrected chi connectivity index (χ0v) is 22.1. The zero-order chi connectivity index (χ0) is 22.1. The summed E-state index contributed by atoms with van der Waals surface area (Å²) in [5, 5.41) is 0. The third kappa shape index (κ3) is 5.67. The van der Waals surface area contributed by atoms with Gasteiger partial charge in [-0.25, -0.2) is 0 Å². The minimum Gasteiger partial charge on any atom is -0.0620 e. The summed E-state index contributed by atoms with van der Waals surface area (Å²) in [5.74, 6) is 10.5. The van der Waals surface area contributed by atoms with Gasteiger partial charge < -0.3 is 0 Å². The predicted octanol–water partition coefficient (Wildman–Crippen LogP) is 9.63. The Balaban J connectivity index is 0.000000461. The predicted molar refractivity (Wildman–Crippen MR) is 134 cm³/mol. The average molecular weight is 417 g/mol. The highest BCUT2D eigenvalue weighted by molar-refractivity contribution is 4.97. The molecule has 0 heteroatoms. The van der Waals surface area contributed by atoms with Gasteiger partial charge in [0.15, 0.2) is 0 Å². The first kappa shape index (κ1) is 24.6. The Labute approximate surface area is 190 Å². The SMILES string of the molecule is CC(C)(C)C.CC1C(C)C(CCCC2C(C)C(C)C3CCCCC32)C2CCCCC12. The van der Waals surface area contributed by atoms with Gasteiger partial charge in [-0.1, -0.05) is 87.5 Å². The first-order valence-electron chi connectivity index (χ1n) is 14.1. The quantitative estimate of drug-likeness (QED) is 0.428. The van der Waals surface area contributed by atoms with E-state index in [1.165, 1.54) is 32.1 Å². The molecule has 0 nitrogen and oxygen atoms in total. The van der Waals surface area contributed by atoms with Crippen LogP contribution in [0.1, 0.15) is 126 Å². The fourth-order valence-electron chi connectivity index (χ4n) is 8.63. The molecule has 0 bridgehead atoms. The van der Waals surface area contributed by atoms with Crippen LogP contribution in [-0.4, -0.2) is 0 Å². The molecule has 4 fully saturated rings. The Bertz CT molecular complexity index is 467. The van der Waals surface area contributed by atoms with Gasteiger partial charge in [-0.3, -0.25) is 0 Å². The van der Waals surface area contributed by atoms with E-state index in [-0.39, 0.29) is 0 Å². The van der Waals surface area contributed by atoms with Gasteiger partial charge in [0.2, 0.25) is 0 Å². The van der Waals surface area contributed by atoms with E-state index >= 15 is 0 Å². The van der Waals surface area contributed by atoms with E-state index in [9.17, 15) is 0 Å². The lowest BCUT2D eigenvalue weighted by Gasteiger charge is -2.32. The van der Waals surface area contributed by atoms with Crippen molar-refractivity contribution in [2.45, 2.75) is 126 Å². The molecule has 0 aromatic carbocycles. The monoisotopic (exact) mass is 416 g/mol. The van der Waals surface area contributed by atoms with Crippen LogP contribution in [0.5, 0.6) is 0 Å². The summed E-state index contributed by atoms with van der Waals surface area (Å²) in [4.78, 5) is 0. The van der Waals surface area contributed by atoms with E-state index in [2.05, 4.69) is 55.4 Å². The zero-order valence-electron chi connectivity index (χ0n) is 22.1. The molecule has 0 amide bonds. The Morgan fingerprint density at radius 3 is 1.13 bits per heavy atom. The molecule has 10 unspecified atom stereocenters. The van der Waals surface area contributed by atoms with Gasteiger partial charge in [0.1, 0.15) is 0 Å². The van der Waals surface area contributed by atoms with Crippen LogP contribution in [0.3, 0.4) is 0 Å². The van der Waals surface area contributed by atoms with Crippen molar-refractivity contribution >= 4 is 0 Å². The van der Waals surface area contributed by atoms with Crippen molar-refractivity contribution in [3.05, 3.63) is 0 Å². The van der Waals surface area contributed by atoms with Crippen molar-refractivity contribution in [3.8, 4) is 0 Å². The van der Waals surface area contributed by atoms with Gasteiger partial charge >= 0.3 is 0 Å². The van der Waals surface area contributed by atoms with Gasteiger partial charge in [-0.05, 0) is 103 Å². The van der Waals surface area contributed by atoms with Crippen LogP contribution in [-0.2, 0) is 0 Å². The molecule has 176 valence electrons. The maximum Gasteiger partial charge on any atom is -0.0352 e. The molecule has 0 saturated heterocycles. The van der Waals surface area contributed by atoms with Crippen molar-refractivity contribution < 1.29 is 0 Å². The van der Waals surface area contributed by atoms with Crippen molar-refractivity contribution in [2.75, 3.05) is 0 Å². The van der Waals surface area contributed by atoms with Gasteiger partial charge in [-0.15, -0.1) is 0 Å². The third-order valence-corrected chi connectivity index (χ3v) is 10.3. The number of rotatable bonds is 4. The lowest BCUT2D eigenvalue weighted by atomic mass is 9.73. The summed E-state index contributed by atoms with van der Waals surface area (Å²) in [7, 11) is 0. The summed E-state index contributed by atoms with van der Waals surface area (Å²) in [6, 6.07) is 0. The lowest BCUT2D eigenvalue weighted by molar-refractivity contribution is 0.181. The van der Waals surface area contributed by atoms with Gasteiger partial charge in [0.05, 0.1) is 0 Å². The van der Waals surface area contributed by atoms with E-state index in [4.69, 9.17) is 0 Å². The molecule has 30 heavy (non-hydrogen) atoms. The van der Waals surface area contributed by atoms with Crippen LogP contribution in [0.4, 0.5) is 0 Å². The fourth-order valence-corrected chi connectivity index (χ4v) is 8.63. The molecule has 0 N–H and O–H groups in total. The van der Waals surface area contributed by atoms with Crippen LogP contribution in [0, 0.1) is 64.6 Å². The molecule has 0 heterocycles. The van der Waals surface area contributed by atoms with E-state index in [0.29, 0.717) is 5.41 Å². The van der Waals surface area contributed by atoms with E-state index < -0.39 is 0 Å². The molecule has 10 atom stereocenters. The fraction of sp³-hybridized carbons (Fsp3) is 1.00. The number of hydrogen-bond donors (Lipinski definition) is 0. The Morgan fingerprint density at radius 2 is 0.800 bits per heavy atom. The normalized spacial score (nSPS) is 46.0. The highest BCUT2D eigenvalue weighted by Crippen LogP contribution is 2.56. The van der Waals surface area contributed by atoms with Crippen molar-refractivity contribution in [1.82, 2.24) is 0 Å². The van der Waals surface area contributed by atoms with Gasteiger partial charge in [0.25, 0.3) is 0 Å². The van der Waals surface area contributed by atoms with Crippen molar-refractivity contribution in [3.63, 3.8) is 0 Å². The van der Waals surface area contributed by atoms with Crippen LogP contribution < -0.4 is 0 Å². The third-order valence-electron chi connectivity index (χ3n) is 10.3. The van der Waals surface area contributed by atoms with E-state index in [1.807, 2.05) is 0 Å². The van der Waals surface area contributed by atoms with Crippen molar-refractivity contribution in [1.29, 1.82) is 0 Å². The minimum atomic E-state index is 0.500. The van der Waals surface area contributed by atoms with Gasteiger partial charge in [0, 0.05) is 0 Å². The van der Waals surface area contributed by atoms with Crippen LogP contribution >= 0.6 is 0 Å². The summed E-state index contributed by atoms with van der Waals surface area (Å²) in [6.45, 7) is 19.1. The molecule has 0 aromatic heterocycles. The molecule has 0 aliphatic heterocycles. The second-order valence-electron chi connectivity index (χ2n) is 13.9. The molecule has 4 aliphatic rings. The summed E-state index contributed by atoms with van der Waals surface area (Å²) >= 11 is 0. The number of hydrogen-bond acceptors (Lipinski definition) is 0. The maximum absolute atomic E-state index is 2.60. The lowest BCUT2D eigenvalue weighted by Crippen LogP contribution is -2.22. The van der Waals surface area contributed by atoms with Crippen LogP contribution in [0.15, 0.2) is 0 Å². The largest absolute Gasteiger partial charge is 0.0620 e. The first-order valence-corrected chi connectivity index (χ1v) is 14.1. The summed E-state index contributed by atoms with van der Waals surface area (Å²) in [5.41, 5.74) is 0.500. The molecule has 0 aromatic rings. The maximum atomic E-state index is 2.60. The standard InChI is InChI=1S/C25H44.C5H12/c1-16-18(3)22(24-12-7-5-10-20(16)24)14-9-15-23-19(4)17(2)21-11-6-8-13-25(21)23;1-5(2,3)4/h16-25H,5-15H2,1-4H3;1-4H3. The Kier molecular flexibility index (Phi) is 8.45. The topological polar surface area (TPSA) is 0 Å². The molecule has 0 radical (unpaired) electrons. The Morgan fingerprint density at radius 1 is 0.500 bits per heavy atom. The summed E-state index contributed by atoms with van der Waals surface area (Å²) < 4.78 is 0. The molecule has 4 saturated carbocycles. The summed E-state index contributed by atoms with van der Waals surface area (Å²) in [6.07, 6.45) is 17.0. The van der Waals surface area contributed by atoms with E-state index in [0.717, 1.165) is 59.2 Å². The van der Waals surface area contributed by atoms with Crippen LogP contribution in [0.2, 0.25) is 0 Å². The second kappa shape index (κ2) is 10.3. The molecular weight excluding hydrogens is 360 g/mol. The Hall–Kier alpha value is 0. The highest BCUT2D eigenvalue weighted by atomic mass is 14.5. The molecule has 0 spiro atoms. The van der Waals surface area contributed by atoms with Crippen molar-refractivity contribution in [2.24, 2.45) is 64.6 Å².